The van der Waals surface area contributed by atoms with E-state index in [-0.39, 0.29) is 17.9 Å². The number of hydrogen-bond acceptors (Lipinski definition) is 3. The van der Waals surface area contributed by atoms with Crippen LogP contribution in [0.2, 0.25) is 0 Å². The molecule has 3 atom stereocenters. The van der Waals surface area contributed by atoms with Crippen molar-refractivity contribution in [1.29, 1.82) is 0 Å². The first-order valence-electron chi connectivity index (χ1n) is 7.06. The van der Waals surface area contributed by atoms with Gasteiger partial charge < -0.3 is 15.5 Å². The van der Waals surface area contributed by atoms with Gasteiger partial charge in [0, 0.05) is 19.1 Å². The third-order valence-corrected chi connectivity index (χ3v) is 3.64. The van der Waals surface area contributed by atoms with Crippen molar-refractivity contribution in [1.82, 2.24) is 15.5 Å². The van der Waals surface area contributed by atoms with E-state index in [2.05, 4.69) is 36.3 Å². The maximum atomic E-state index is 12.3. The van der Waals surface area contributed by atoms with Crippen molar-refractivity contribution in [2.75, 3.05) is 33.7 Å². The highest BCUT2D eigenvalue weighted by atomic mass is 16.2. The molecule has 1 aliphatic heterocycles. The third kappa shape index (κ3) is 4.94. The lowest BCUT2D eigenvalue weighted by Gasteiger charge is -2.31. The number of nitrogens with zero attached hydrogens (tertiary/aromatic N) is 1. The van der Waals surface area contributed by atoms with Crippen molar-refractivity contribution >= 4 is 5.91 Å². The topological polar surface area (TPSA) is 44.4 Å². The first kappa shape index (κ1) is 15.4. The van der Waals surface area contributed by atoms with E-state index in [0.29, 0.717) is 11.8 Å². The Morgan fingerprint density at radius 3 is 2.56 bits per heavy atom. The summed E-state index contributed by atoms with van der Waals surface area (Å²) in [5.74, 6) is 1.41. The standard InChI is InChI=1S/C14H29N3O/c1-10(2)13(9-17(4)5)16-14(18)12-6-11(3)7-15-8-12/h10-13,15H,6-9H2,1-5H3,(H,16,18). The molecule has 18 heavy (non-hydrogen) atoms. The van der Waals surface area contributed by atoms with Crippen LogP contribution >= 0.6 is 0 Å². The molecule has 4 nitrogen and oxygen atoms in total. The number of piperidine rings is 1. The van der Waals surface area contributed by atoms with Crippen LogP contribution in [0.5, 0.6) is 0 Å². The molecule has 0 aliphatic carbocycles. The van der Waals surface area contributed by atoms with Crippen molar-refractivity contribution in [2.24, 2.45) is 17.8 Å². The SMILES string of the molecule is CC1CNCC(C(=O)NC(CN(C)C)C(C)C)C1. The Labute approximate surface area is 111 Å². The maximum Gasteiger partial charge on any atom is 0.224 e. The summed E-state index contributed by atoms with van der Waals surface area (Å²) in [5, 5.41) is 6.55. The molecule has 0 aromatic carbocycles. The maximum absolute atomic E-state index is 12.3. The van der Waals surface area contributed by atoms with Crippen LogP contribution in [0, 0.1) is 17.8 Å². The summed E-state index contributed by atoms with van der Waals surface area (Å²) >= 11 is 0. The zero-order chi connectivity index (χ0) is 13.7. The van der Waals surface area contributed by atoms with E-state index in [0.717, 1.165) is 26.1 Å². The Kier molecular flexibility index (Phi) is 6.09. The smallest absolute Gasteiger partial charge is 0.224 e. The van der Waals surface area contributed by atoms with E-state index in [9.17, 15) is 4.79 Å². The van der Waals surface area contributed by atoms with Crippen LogP contribution in [0.15, 0.2) is 0 Å². The molecule has 0 saturated carbocycles. The Balaban J connectivity index is 2.49. The molecule has 0 spiro atoms. The first-order chi connectivity index (χ1) is 8.40. The molecule has 1 aliphatic rings. The summed E-state index contributed by atoms with van der Waals surface area (Å²) in [5.41, 5.74) is 0. The average Bonchev–Trinajstić information content (AvgIpc) is 2.27. The van der Waals surface area contributed by atoms with Gasteiger partial charge in [-0.25, -0.2) is 0 Å². The normalized spacial score (nSPS) is 26.4. The Morgan fingerprint density at radius 1 is 1.39 bits per heavy atom. The molecule has 1 heterocycles. The number of rotatable bonds is 5. The lowest BCUT2D eigenvalue weighted by molar-refractivity contribution is -0.127. The van der Waals surface area contributed by atoms with Gasteiger partial charge >= 0.3 is 0 Å². The summed E-state index contributed by atoms with van der Waals surface area (Å²) in [6, 6.07) is 0.240. The largest absolute Gasteiger partial charge is 0.352 e. The minimum Gasteiger partial charge on any atom is -0.352 e. The summed E-state index contributed by atoms with van der Waals surface area (Å²) in [4.78, 5) is 14.4. The second-order valence-electron chi connectivity index (χ2n) is 6.32. The van der Waals surface area contributed by atoms with Gasteiger partial charge in [0.1, 0.15) is 0 Å². The molecular weight excluding hydrogens is 226 g/mol. The van der Waals surface area contributed by atoms with Crippen LogP contribution in [0.25, 0.3) is 0 Å². The number of nitrogens with one attached hydrogen (secondary N) is 2. The van der Waals surface area contributed by atoms with E-state index in [1.165, 1.54) is 0 Å². The number of carbonyl (C=O) groups excluding carboxylic acids is 1. The van der Waals surface area contributed by atoms with Crippen molar-refractivity contribution in [3.8, 4) is 0 Å². The molecule has 0 aromatic heterocycles. The van der Waals surface area contributed by atoms with Gasteiger partial charge in [0.2, 0.25) is 5.91 Å². The van der Waals surface area contributed by atoms with Crippen LogP contribution in [0.1, 0.15) is 27.2 Å². The fraction of sp³-hybridized carbons (Fsp3) is 0.929. The van der Waals surface area contributed by atoms with E-state index in [1.807, 2.05) is 14.1 Å². The van der Waals surface area contributed by atoms with Gasteiger partial charge in [-0.15, -0.1) is 0 Å². The number of likely N-dealkylation sites (N-methyl/N-ethyl adjacent to an activating group) is 1. The highest BCUT2D eigenvalue weighted by molar-refractivity contribution is 5.79. The van der Waals surface area contributed by atoms with Gasteiger partial charge in [0.25, 0.3) is 0 Å². The van der Waals surface area contributed by atoms with E-state index < -0.39 is 0 Å². The Bertz CT molecular complexity index is 266. The van der Waals surface area contributed by atoms with Crippen LogP contribution < -0.4 is 10.6 Å². The summed E-state index contributed by atoms with van der Waals surface area (Å²) in [7, 11) is 4.09. The first-order valence-corrected chi connectivity index (χ1v) is 7.06. The molecule has 4 heteroatoms. The Morgan fingerprint density at radius 2 is 2.06 bits per heavy atom. The highest BCUT2D eigenvalue weighted by Crippen LogP contribution is 2.16. The van der Waals surface area contributed by atoms with Crippen LogP contribution in [0.4, 0.5) is 0 Å². The van der Waals surface area contributed by atoms with Crippen LogP contribution in [-0.2, 0) is 4.79 Å². The molecule has 1 amide bonds. The molecule has 1 rings (SSSR count). The van der Waals surface area contributed by atoms with Gasteiger partial charge in [0.15, 0.2) is 0 Å². The molecule has 106 valence electrons. The second-order valence-corrected chi connectivity index (χ2v) is 6.32. The third-order valence-electron chi connectivity index (χ3n) is 3.64. The van der Waals surface area contributed by atoms with Crippen LogP contribution in [-0.4, -0.2) is 50.6 Å². The van der Waals surface area contributed by atoms with Gasteiger partial charge in [0.05, 0.1) is 5.92 Å². The van der Waals surface area contributed by atoms with Crippen LogP contribution in [0.3, 0.4) is 0 Å². The highest BCUT2D eigenvalue weighted by Gasteiger charge is 2.27. The monoisotopic (exact) mass is 255 g/mol. The van der Waals surface area contributed by atoms with Crippen molar-refractivity contribution in [3.63, 3.8) is 0 Å². The minimum absolute atomic E-state index is 0.136. The average molecular weight is 255 g/mol. The van der Waals surface area contributed by atoms with E-state index in [4.69, 9.17) is 0 Å². The lowest BCUT2D eigenvalue weighted by Crippen LogP contribution is -2.50. The van der Waals surface area contributed by atoms with Gasteiger partial charge in [-0.05, 0) is 38.9 Å². The van der Waals surface area contributed by atoms with E-state index in [1.54, 1.807) is 0 Å². The molecule has 0 bridgehead atoms. The Hall–Kier alpha value is -0.610. The fourth-order valence-corrected chi connectivity index (χ4v) is 2.47. The second kappa shape index (κ2) is 7.10. The summed E-state index contributed by atoms with van der Waals surface area (Å²) < 4.78 is 0. The minimum atomic E-state index is 0.136. The lowest BCUT2D eigenvalue weighted by atomic mass is 9.90. The molecule has 1 saturated heterocycles. The molecule has 3 unspecified atom stereocenters. The number of carbonyl (C=O) groups is 1. The number of hydrogen-bond donors (Lipinski definition) is 2. The van der Waals surface area contributed by atoms with Gasteiger partial charge in [-0.1, -0.05) is 20.8 Å². The summed E-state index contributed by atoms with van der Waals surface area (Å²) in [6.07, 6.45) is 1.01. The van der Waals surface area contributed by atoms with Crippen molar-refractivity contribution in [3.05, 3.63) is 0 Å². The predicted octanol–water partition coefficient (Wildman–Crippen LogP) is 0.934. The summed E-state index contributed by atoms with van der Waals surface area (Å²) in [6.45, 7) is 9.29. The number of amides is 1. The molecule has 0 radical (unpaired) electrons. The molecular formula is C14H29N3O. The van der Waals surface area contributed by atoms with Crippen molar-refractivity contribution < 1.29 is 4.79 Å². The molecule has 1 fully saturated rings. The predicted molar refractivity (Wildman–Crippen MR) is 75.5 cm³/mol. The molecule has 0 aromatic rings. The van der Waals surface area contributed by atoms with Gasteiger partial charge in [-0.2, -0.15) is 0 Å². The quantitative estimate of drug-likeness (QED) is 0.768. The fourth-order valence-electron chi connectivity index (χ4n) is 2.47. The van der Waals surface area contributed by atoms with Gasteiger partial charge in [-0.3, -0.25) is 4.79 Å². The van der Waals surface area contributed by atoms with E-state index >= 15 is 0 Å². The van der Waals surface area contributed by atoms with Crippen molar-refractivity contribution in [2.45, 2.75) is 33.2 Å². The zero-order valence-electron chi connectivity index (χ0n) is 12.5. The zero-order valence-corrected chi connectivity index (χ0v) is 12.5. The molecule has 2 N–H and O–H groups in total.